The zero-order chi connectivity index (χ0) is 10.0. The van der Waals surface area contributed by atoms with Crippen molar-refractivity contribution >= 4 is 24.0 Å². The second kappa shape index (κ2) is 5.17. The zero-order valence-corrected chi connectivity index (χ0v) is 9.98. The first-order valence-corrected chi connectivity index (χ1v) is 5.21. The van der Waals surface area contributed by atoms with Gasteiger partial charge in [0.15, 0.2) is 0 Å². The van der Waals surface area contributed by atoms with Crippen LogP contribution >= 0.6 is 24.0 Å². The summed E-state index contributed by atoms with van der Waals surface area (Å²) in [7, 11) is 0. The summed E-state index contributed by atoms with van der Waals surface area (Å²) >= 11 is 5.83. The second-order valence-electron chi connectivity index (χ2n) is 3.78. The largest absolute Gasteiger partial charge is 0.381 e. The van der Waals surface area contributed by atoms with Crippen molar-refractivity contribution in [1.82, 2.24) is 0 Å². The Kier molecular flexibility index (Phi) is 4.41. The summed E-state index contributed by atoms with van der Waals surface area (Å²) in [4.78, 5) is 0. The van der Waals surface area contributed by atoms with Crippen LogP contribution in [0.5, 0.6) is 0 Å². The third-order valence-electron chi connectivity index (χ3n) is 2.80. The van der Waals surface area contributed by atoms with Crippen molar-refractivity contribution < 1.29 is 4.74 Å². The van der Waals surface area contributed by atoms with Crippen LogP contribution in [-0.2, 0) is 10.3 Å². The van der Waals surface area contributed by atoms with Crippen LogP contribution in [0.1, 0.15) is 18.4 Å². The molecule has 2 rings (SSSR count). The van der Waals surface area contributed by atoms with Crippen LogP contribution in [0.15, 0.2) is 24.3 Å². The number of rotatable bonds is 1. The lowest BCUT2D eigenvalue weighted by Crippen LogP contribution is -2.42. The first-order valence-electron chi connectivity index (χ1n) is 4.83. The highest BCUT2D eigenvalue weighted by atomic mass is 35.5. The van der Waals surface area contributed by atoms with Gasteiger partial charge in [0.25, 0.3) is 0 Å². The second-order valence-corrected chi connectivity index (χ2v) is 4.21. The van der Waals surface area contributed by atoms with E-state index >= 15 is 0 Å². The van der Waals surface area contributed by atoms with E-state index in [-0.39, 0.29) is 17.9 Å². The first kappa shape index (κ1) is 12.8. The number of ether oxygens (including phenoxy) is 1. The molecule has 2 N–H and O–H groups in total. The highest BCUT2D eigenvalue weighted by Gasteiger charge is 2.29. The Morgan fingerprint density at radius 3 is 2.20 bits per heavy atom. The molecule has 0 radical (unpaired) electrons. The smallest absolute Gasteiger partial charge is 0.0486 e. The highest BCUT2D eigenvalue weighted by Crippen LogP contribution is 2.29. The fourth-order valence-electron chi connectivity index (χ4n) is 1.81. The molecule has 84 valence electrons. The SMILES string of the molecule is Cl.NC1(c2ccc(Cl)cc2)CCOCC1. The Bertz CT molecular complexity index is 307. The van der Waals surface area contributed by atoms with Gasteiger partial charge in [0.1, 0.15) is 0 Å². The van der Waals surface area contributed by atoms with Gasteiger partial charge in [-0.1, -0.05) is 23.7 Å². The molecule has 1 fully saturated rings. The molecule has 1 aromatic rings. The molecule has 2 nitrogen and oxygen atoms in total. The molecule has 1 aliphatic rings. The molecule has 0 aliphatic carbocycles. The fourth-order valence-corrected chi connectivity index (χ4v) is 1.93. The predicted octanol–water partition coefficient (Wildman–Crippen LogP) is 2.73. The fraction of sp³-hybridized carbons (Fsp3) is 0.455. The molecule has 1 aliphatic heterocycles. The van der Waals surface area contributed by atoms with Gasteiger partial charge in [-0.05, 0) is 30.5 Å². The lowest BCUT2D eigenvalue weighted by atomic mass is 9.84. The van der Waals surface area contributed by atoms with Crippen molar-refractivity contribution in [2.75, 3.05) is 13.2 Å². The Hall–Kier alpha value is -0.280. The van der Waals surface area contributed by atoms with Crippen molar-refractivity contribution in [1.29, 1.82) is 0 Å². The summed E-state index contributed by atoms with van der Waals surface area (Å²) < 4.78 is 5.30. The molecule has 15 heavy (non-hydrogen) atoms. The highest BCUT2D eigenvalue weighted by molar-refractivity contribution is 6.30. The monoisotopic (exact) mass is 247 g/mol. The summed E-state index contributed by atoms with van der Waals surface area (Å²) in [5, 5.41) is 0.754. The van der Waals surface area contributed by atoms with E-state index in [0.29, 0.717) is 0 Å². The summed E-state index contributed by atoms with van der Waals surface area (Å²) in [5.41, 5.74) is 7.25. The molecule has 0 bridgehead atoms. The molecule has 1 heterocycles. The van der Waals surface area contributed by atoms with Crippen molar-refractivity contribution in [2.45, 2.75) is 18.4 Å². The molecular weight excluding hydrogens is 233 g/mol. The lowest BCUT2D eigenvalue weighted by molar-refractivity contribution is 0.0522. The van der Waals surface area contributed by atoms with Gasteiger partial charge < -0.3 is 10.5 Å². The van der Waals surface area contributed by atoms with Gasteiger partial charge in [-0.15, -0.1) is 12.4 Å². The summed E-state index contributed by atoms with van der Waals surface area (Å²) in [6.45, 7) is 1.50. The molecule has 4 heteroatoms. The van der Waals surface area contributed by atoms with Gasteiger partial charge in [-0.3, -0.25) is 0 Å². The third-order valence-corrected chi connectivity index (χ3v) is 3.06. The van der Waals surface area contributed by atoms with Gasteiger partial charge in [0.05, 0.1) is 0 Å². The molecule has 0 unspecified atom stereocenters. The maximum Gasteiger partial charge on any atom is 0.0486 e. The van der Waals surface area contributed by atoms with Crippen LogP contribution < -0.4 is 5.73 Å². The zero-order valence-electron chi connectivity index (χ0n) is 8.41. The molecule has 1 aromatic carbocycles. The average Bonchev–Trinajstić information content (AvgIpc) is 2.19. The third kappa shape index (κ3) is 2.85. The Balaban J connectivity index is 0.00000112. The van der Waals surface area contributed by atoms with E-state index in [4.69, 9.17) is 22.1 Å². The molecule has 1 saturated heterocycles. The molecule has 0 atom stereocenters. The number of hydrogen-bond acceptors (Lipinski definition) is 2. The topological polar surface area (TPSA) is 35.2 Å². The number of hydrogen-bond donors (Lipinski definition) is 1. The summed E-state index contributed by atoms with van der Waals surface area (Å²) in [6, 6.07) is 7.79. The minimum absolute atomic E-state index is 0. The van der Waals surface area contributed by atoms with E-state index in [9.17, 15) is 0 Å². The van der Waals surface area contributed by atoms with Gasteiger partial charge >= 0.3 is 0 Å². The lowest BCUT2D eigenvalue weighted by Gasteiger charge is -2.33. The molecule has 0 saturated carbocycles. The van der Waals surface area contributed by atoms with Crippen LogP contribution in [0.4, 0.5) is 0 Å². The Morgan fingerprint density at radius 1 is 1.13 bits per heavy atom. The molecule has 0 amide bonds. The van der Waals surface area contributed by atoms with Crippen molar-refractivity contribution in [3.63, 3.8) is 0 Å². The first-order chi connectivity index (χ1) is 6.71. The minimum atomic E-state index is -0.219. The van der Waals surface area contributed by atoms with Crippen molar-refractivity contribution in [2.24, 2.45) is 5.73 Å². The van der Waals surface area contributed by atoms with Crippen molar-refractivity contribution in [3.05, 3.63) is 34.9 Å². The molecular formula is C11H15Cl2NO. The van der Waals surface area contributed by atoms with Crippen LogP contribution in [0, 0.1) is 0 Å². The van der Waals surface area contributed by atoms with Gasteiger partial charge in [-0.25, -0.2) is 0 Å². The quantitative estimate of drug-likeness (QED) is 0.829. The van der Waals surface area contributed by atoms with Crippen LogP contribution in [0.25, 0.3) is 0 Å². The normalized spacial score (nSPS) is 19.3. The maximum atomic E-state index is 6.31. The van der Waals surface area contributed by atoms with Gasteiger partial charge in [-0.2, -0.15) is 0 Å². The van der Waals surface area contributed by atoms with Gasteiger partial charge in [0.2, 0.25) is 0 Å². The maximum absolute atomic E-state index is 6.31. The van der Waals surface area contributed by atoms with Crippen LogP contribution in [0.2, 0.25) is 5.02 Å². The van der Waals surface area contributed by atoms with E-state index < -0.39 is 0 Å². The predicted molar refractivity (Wildman–Crippen MR) is 64.6 cm³/mol. The Labute approximate surface area is 101 Å². The number of benzene rings is 1. The minimum Gasteiger partial charge on any atom is -0.381 e. The molecule has 0 aromatic heterocycles. The summed E-state index contributed by atoms with van der Waals surface area (Å²) in [5.74, 6) is 0. The van der Waals surface area contributed by atoms with E-state index in [1.165, 1.54) is 0 Å². The van der Waals surface area contributed by atoms with E-state index in [1.54, 1.807) is 0 Å². The van der Waals surface area contributed by atoms with E-state index in [1.807, 2.05) is 24.3 Å². The number of halogens is 2. The average molecular weight is 248 g/mol. The molecule has 0 spiro atoms. The van der Waals surface area contributed by atoms with E-state index in [2.05, 4.69) is 0 Å². The van der Waals surface area contributed by atoms with Crippen LogP contribution in [0.3, 0.4) is 0 Å². The van der Waals surface area contributed by atoms with E-state index in [0.717, 1.165) is 36.6 Å². The van der Waals surface area contributed by atoms with Gasteiger partial charge in [0, 0.05) is 23.8 Å². The standard InChI is InChI=1S/C11H14ClNO.ClH/c12-10-3-1-9(2-4-10)11(13)5-7-14-8-6-11;/h1-4H,5-8,13H2;1H. The summed E-state index contributed by atoms with van der Waals surface area (Å²) in [6.07, 6.45) is 1.77. The Morgan fingerprint density at radius 2 is 1.67 bits per heavy atom. The van der Waals surface area contributed by atoms with Crippen LogP contribution in [-0.4, -0.2) is 13.2 Å². The number of nitrogens with two attached hydrogens (primary N) is 1. The van der Waals surface area contributed by atoms with Crippen molar-refractivity contribution in [3.8, 4) is 0 Å².